The molecule has 5 heteroatoms. The lowest BCUT2D eigenvalue weighted by Gasteiger charge is -2.07. The predicted octanol–water partition coefficient (Wildman–Crippen LogP) is 3.30. The van der Waals surface area contributed by atoms with Crippen molar-refractivity contribution in [2.45, 2.75) is 34.2 Å². The van der Waals surface area contributed by atoms with Gasteiger partial charge >= 0.3 is 0 Å². The van der Waals surface area contributed by atoms with Gasteiger partial charge in [-0.25, -0.2) is 9.98 Å². The Bertz CT molecular complexity index is 623. The van der Waals surface area contributed by atoms with Gasteiger partial charge in [-0.1, -0.05) is 6.07 Å². The van der Waals surface area contributed by atoms with E-state index in [1.165, 1.54) is 16.0 Å². The molecular weight excluding hydrogens is 268 g/mol. The summed E-state index contributed by atoms with van der Waals surface area (Å²) >= 11 is 1.69. The van der Waals surface area contributed by atoms with Gasteiger partial charge in [-0.3, -0.25) is 0 Å². The van der Waals surface area contributed by atoms with Gasteiger partial charge in [0.15, 0.2) is 5.96 Å². The number of nitrogens with two attached hydrogens (primary N) is 1. The number of aliphatic imine (C=N–C) groups is 1. The molecule has 0 aliphatic heterocycles. The van der Waals surface area contributed by atoms with Crippen molar-refractivity contribution in [2.24, 2.45) is 10.7 Å². The normalized spacial score (nSPS) is 11.7. The van der Waals surface area contributed by atoms with Crippen LogP contribution in [0.25, 0.3) is 0 Å². The molecule has 0 saturated carbocycles. The number of rotatable bonds is 3. The number of anilines is 1. The van der Waals surface area contributed by atoms with Crippen molar-refractivity contribution < 1.29 is 0 Å². The van der Waals surface area contributed by atoms with Crippen molar-refractivity contribution in [2.75, 3.05) is 5.32 Å². The molecule has 0 fully saturated rings. The van der Waals surface area contributed by atoms with Crippen LogP contribution >= 0.6 is 11.3 Å². The molecule has 1 aromatic heterocycles. The summed E-state index contributed by atoms with van der Waals surface area (Å²) in [5.41, 5.74) is 10.3. The SMILES string of the molecule is Cc1cc(C)cc(NC(N)=NCc2nc(C)sc2C)c1. The lowest BCUT2D eigenvalue weighted by atomic mass is 10.1. The van der Waals surface area contributed by atoms with Crippen LogP contribution in [0.1, 0.15) is 26.7 Å². The van der Waals surface area contributed by atoms with Crippen LogP contribution in [0.4, 0.5) is 5.69 Å². The van der Waals surface area contributed by atoms with Crippen molar-refractivity contribution in [1.29, 1.82) is 0 Å². The molecule has 2 rings (SSSR count). The molecule has 1 aromatic carbocycles. The molecule has 3 N–H and O–H groups in total. The van der Waals surface area contributed by atoms with Gasteiger partial charge < -0.3 is 11.1 Å². The Kier molecular flexibility index (Phi) is 4.39. The van der Waals surface area contributed by atoms with Gasteiger partial charge in [0.05, 0.1) is 17.2 Å². The van der Waals surface area contributed by atoms with E-state index in [1.54, 1.807) is 11.3 Å². The van der Waals surface area contributed by atoms with E-state index < -0.39 is 0 Å². The van der Waals surface area contributed by atoms with Crippen molar-refractivity contribution >= 4 is 23.0 Å². The fourth-order valence-corrected chi connectivity index (χ4v) is 2.94. The summed E-state index contributed by atoms with van der Waals surface area (Å²) in [7, 11) is 0. The second-order valence-corrected chi connectivity index (χ2v) is 6.35. The molecule has 0 bridgehead atoms. The largest absolute Gasteiger partial charge is 0.370 e. The maximum absolute atomic E-state index is 5.93. The standard InChI is InChI=1S/C15H20N4S/c1-9-5-10(2)7-13(6-9)19-15(16)17-8-14-11(3)20-12(4)18-14/h5-7H,8H2,1-4H3,(H3,16,17,19). The summed E-state index contributed by atoms with van der Waals surface area (Å²) in [6.45, 7) is 8.70. The van der Waals surface area contributed by atoms with Crippen LogP contribution in [-0.2, 0) is 6.54 Å². The molecule has 0 aliphatic carbocycles. The van der Waals surface area contributed by atoms with Crippen LogP contribution in [0.15, 0.2) is 23.2 Å². The molecule has 0 unspecified atom stereocenters. The molecule has 106 valence electrons. The first kappa shape index (κ1) is 14.5. The third-order valence-corrected chi connectivity index (χ3v) is 3.82. The number of nitrogens with zero attached hydrogens (tertiary/aromatic N) is 2. The molecular formula is C15H20N4S. The summed E-state index contributed by atoms with van der Waals surface area (Å²) in [4.78, 5) is 10.00. The van der Waals surface area contributed by atoms with Crippen LogP contribution in [0.2, 0.25) is 0 Å². The summed E-state index contributed by atoms with van der Waals surface area (Å²) in [5.74, 6) is 0.417. The van der Waals surface area contributed by atoms with Crippen molar-refractivity contribution in [1.82, 2.24) is 4.98 Å². The van der Waals surface area contributed by atoms with Gasteiger partial charge in [0.1, 0.15) is 0 Å². The quantitative estimate of drug-likeness (QED) is 0.673. The highest BCUT2D eigenvalue weighted by Gasteiger charge is 2.04. The minimum absolute atomic E-state index is 0.417. The first-order chi connectivity index (χ1) is 9.44. The Morgan fingerprint density at radius 1 is 1.20 bits per heavy atom. The van der Waals surface area contributed by atoms with Crippen LogP contribution in [0, 0.1) is 27.7 Å². The first-order valence-corrected chi connectivity index (χ1v) is 7.34. The summed E-state index contributed by atoms with van der Waals surface area (Å²) in [6, 6.07) is 6.22. The van der Waals surface area contributed by atoms with E-state index in [0.29, 0.717) is 12.5 Å². The lowest BCUT2D eigenvalue weighted by molar-refractivity contribution is 0.980. The van der Waals surface area contributed by atoms with E-state index in [-0.39, 0.29) is 0 Å². The molecule has 0 atom stereocenters. The van der Waals surface area contributed by atoms with Crippen LogP contribution in [-0.4, -0.2) is 10.9 Å². The first-order valence-electron chi connectivity index (χ1n) is 6.52. The molecule has 20 heavy (non-hydrogen) atoms. The number of guanidine groups is 1. The van der Waals surface area contributed by atoms with Gasteiger partial charge in [0.2, 0.25) is 0 Å². The Hall–Kier alpha value is -1.88. The summed E-state index contributed by atoms with van der Waals surface area (Å²) < 4.78 is 0. The van der Waals surface area contributed by atoms with Crippen molar-refractivity contribution in [3.63, 3.8) is 0 Å². The van der Waals surface area contributed by atoms with Gasteiger partial charge in [-0.2, -0.15) is 0 Å². The zero-order valence-corrected chi connectivity index (χ0v) is 13.1. The maximum Gasteiger partial charge on any atom is 0.193 e. The smallest absolute Gasteiger partial charge is 0.193 e. The minimum atomic E-state index is 0.417. The van der Waals surface area contributed by atoms with E-state index in [4.69, 9.17) is 5.73 Å². The second kappa shape index (κ2) is 6.05. The van der Waals surface area contributed by atoms with Crippen LogP contribution in [0.5, 0.6) is 0 Å². The van der Waals surface area contributed by atoms with Gasteiger partial charge in [-0.05, 0) is 51.0 Å². The number of hydrogen-bond donors (Lipinski definition) is 2. The van der Waals surface area contributed by atoms with Crippen molar-refractivity contribution in [3.8, 4) is 0 Å². The Balaban J connectivity index is 2.05. The Morgan fingerprint density at radius 2 is 1.85 bits per heavy atom. The number of nitrogens with one attached hydrogen (secondary N) is 1. The Labute approximate surface area is 123 Å². The average molecular weight is 288 g/mol. The minimum Gasteiger partial charge on any atom is -0.370 e. The third-order valence-electron chi connectivity index (χ3n) is 2.89. The molecule has 0 aliphatic rings. The fraction of sp³-hybridized carbons (Fsp3) is 0.333. The Morgan fingerprint density at radius 3 is 2.40 bits per heavy atom. The molecule has 0 amide bonds. The van der Waals surface area contributed by atoms with Crippen LogP contribution < -0.4 is 11.1 Å². The van der Waals surface area contributed by atoms with E-state index in [2.05, 4.69) is 42.1 Å². The number of aromatic nitrogens is 1. The van der Waals surface area contributed by atoms with Gasteiger partial charge in [-0.15, -0.1) is 11.3 Å². The molecule has 1 heterocycles. The maximum atomic E-state index is 5.93. The van der Waals surface area contributed by atoms with Gasteiger partial charge in [0, 0.05) is 10.6 Å². The van der Waals surface area contributed by atoms with E-state index in [0.717, 1.165) is 16.4 Å². The zero-order valence-electron chi connectivity index (χ0n) is 12.3. The summed E-state index contributed by atoms with van der Waals surface area (Å²) in [5, 5.41) is 4.19. The highest BCUT2D eigenvalue weighted by molar-refractivity contribution is 7.11. The highest BCUT2D eigenvalue weighted by Crippen LogP contribution is 2.17. The molecule has 0 spiro atoms. The van der Waals surface area contributed by atoms with E-state index in [1.807, 2.05) is 19.1 Å². The van der Waals surface area contributed by atoms with Crippen molar-refractivity contribution in [3.05, 3.63) is 44.9 Å². The predicted molar refractivity (Wildman–Crippen MR) is 86.5 cm³/mol. The molecule has 0 saturated heterocycles. The van der Waals surface area contributed by atoms with Crippen LogP contribution in [0.3, 0.4) is 0 Å². The lowest BCUT2D eigenvalue weighted by Crippen LogP contribution is -2.22. The summed E-state index contributed by atoms with van der Waals surface area (Å²) in [6.07, 6.45) is 0. The number of hydrogen-bond acceptors (Lipinski definition) is 3. The third kappa shape index (κ3) is 3.81. The zero-order chi connectivity index (χ0) is 14.7. The van der Waals surface area contributed by atoms with Gasteiger partial charge in [0.25, 0.3) is 0 Å². The number of thiazole rings is 1. The molecule has 0 radical (unpaired) electrons. The average Bonchev–Trinajstić information content (AvgIpc) is 2.64. The van der Waals surface area contributed by atoms with E-state index >= 15 is 0 Å². The van der Waals surface area contributed by atoms with E-state index in [9.17, 15) is 0 Å². The fourth-order valence-electron chi connectivity index (χ4n) is 2.11. The highest BCUT2D eigenvalue weighted by atomic mass is 32.1. The molecule has 2 aromatic rings. The number of aryl methyl sites for hydroxylation is 4. The topological polar surface area (TPSA) is 63.3 Å². The molecule has 4 nitrogen and oxygen atoms in total. The number of benzene rings is 1. The second-order valence-electron chi connectivity index (χ2n) is 4.94. The monoisotopic (exact) mass is 288 g/mol.